The SMILES string of the molecule is Cc1ccc(C(=O)N2CCC3(CC2)CN(C)Cc2nnc(-c4ccc(F)cc4)n23)cc1. The van der Waals surface area contributed by atoms with E-state index in [4.69, 9.17) is 0 Å². The summed E-state index contributed by atoms with van der Waals surface area (Å²) in [5, 5.41) is 8.94. The fourth-order valence-electron chi connectivity index (χ4n) is 4.96. The Kier molecular flexibility index (Phi) is 4.85. The average Bonchev–Trinajstić information content (AvgIpc) is 3.19. The lowest BCUT2D eigenvalue weighted by molar-refractivity contribution is 0.0410. The molecule has 2 aliphatic rings. The van der Waals surface area contributed by atoms with Gasteiger partial charge in [0.15, 0.2) is 5.82 Å². The van der Waals surface area contributed by atoms with Gasteiger partial charge in [0, 0.05) is 30.8 Å². The topological polar surface area (TPSA) is 54.3 Å². The summed E-state index contributed by atoms with van der Waals surface area (Å²) in [5.41, 5.74) is 2.56. The number of aromatic nitrogens is 3. The first kappa shape index (κ1) is 19.9. The van der Waals surface area contributed by atoms with Crippen molar-refractivity contribution >= 4 is 5.91 Å². The summed E-state index contributed by atoms with van der Waals surface area (Å²) in [4.78, 5) is 17.2. The molecule has 6 nitrogen and oxygen atoms in total. The lowest BCUT2D eigenvalue weighted by Gasteiger charge is -2.48. The van der Waals surface area contributed by atoms with Crippen molar-refractivity contribution < 1.29 is 9.18 Å². The zero-order chi connectivity index (χ0) is 21.6. The molecule has 31 heavy (non-hydrogen) atoms. The van der Waals surface area contributed by atoms with E-state index in [1.165, 1.54) is 12.1 Å². The number of likely N-dealkylation sites (tertiary alicyclic amines) is 1. The highest BCUT2D eigenvalue weighted by atomic mass is 19.1. The lowest BCUT2D eigenvalue weighted by atomic mass is 9.84. The molecule has 1 amide bonds. The highest BCUT2D eigenvalue weighted by Crippen LogP contribution is 2.39. The monoisotopic (exact) mass is 419 g/mol. The first-order chi connectivity index (χ1) is 14.9. The molecule has 1 spiro atoms. The summed E-state index contributed by atoms with van der Waals surface area (Å²) in [6.45, 7) is 4.98. The minimum atomic E-state index is -0.264. The van der Waals surface area contributed by atoms with Gasteiger partial charge in [-0.15, -0.1) is 10.2 Å². The molecule has 0 atom stereocenters. The van der Waals surface area contributed by atoms with Crippen molar-refractivity contribution in [3.8, 4) is 11.4 Å². The number of carbonyl (C=O) groups is 1. The average molecular weight is 420 g/mol. The minimum absolute atomic E-state index is 0.0850. The van der Waals surface area contributed by atoms with Crippen LogP contribution in [0.15, 0.2) is 48.5 Å². The molecule has 1 fully saturated rings. The first-order valence-corrected chi connectivity index (χ1v) is 10.7. The van der Waals surface area contributed by atoms with Crippen molar-refractivity contribution in [1.29, 1.82) is 0 Å². The van der Waals surface area contributed by atoms with Crippen molar-refractivity contribution in [2.45, 2.75) is 31.8 Å². The highest BCUT2D eigenvalue weighted by molar-refractivity contribution is 5.94. The molecule has 3 aromatic rings. The number of hydrogen-bond acceptors (Lipinski definition) is 4. The third-order valence-corrected chi connectivity index (χ3v) is 6.56. The molecular weight excluding hydrogens is 393 g/mol. The molecule has 5 rings (SSSR count). The van der Waals surface area contributed by atoms with Gasteiger partial charge in [0.2, 0.25) is 0 Å². The van der Waals surface area contributed by atoms with Gasteiger partial charge in [-0.25, -0.2) is 4.39 Å². The second-order valence-corrected chi connectivity index (χ2v) is 8.84. The van der Waals surface area contributed by atoms with Gasteiger partial charge < -0.3 is 9.47 Å². The maximum Gasteiger partial charge on any atom is 0.253 e. The number of aryl methyl sites for hydroxylation is 1. The number of rotatable bonds is 2. The molecule has 3 heterocycles. The Labute approximate surface area is 181 Å². The number of halogens is 1. The van der Waals surface area contributed by atoms with E-state index in [1.807, 2.05) is 36.1 Å². The van der Waals surface area contributed by atoms with E-state index in [0.717, 1.165) is 54.3 Å². The van der Waals surface area contributed by atoms with Gasteiger partial charge in [0.25, 0.3) is 5.91 Å². The summed E-state index contributed by atoms with van der Waals surface area (Å²) in [6, 6.07) is 14.2. The molecular formula is C24H26FN5O. The van der Waals surface area contributed by atoms with E-state index >= 15 is 0 Å². The van der Waals surface area contributed by atoms with Crippen LogP contribution in [0, 0.1) is 12.7 Å². The van der Waals surface area contributed by atoms with Crippen LogP contribution in [-0.4, -0.2) is 57.2 Å². The number of carbonyl (C=O) groups excluding carboxylic acids is 1. The molecule has 1 saturated heterocycles. The normalized spacial score (nSPS) is 18.2. The largest absolute Gasteiger partial charge is 0.338 e. The predicted octanol–water partition coefficient (Wildman–Crippen LogP) is 3.47. The standard InChI is InChI=1S/C24H26FN5O/c1-17-3-5-19(6-4-17)23(31)29-13-11-24(12-14-29)16-28(2)15-21-26-27-22(30(21)24)18-7-9-20(25)10-8-18/h3-10H,11-16H2,1-2H3. The van der Waals surface area contributed by atoms with Gasteiger partial charge in [0.05, 0.1) is 12.1 Å². The van der Waals surface area contributed by atoms with Crippen LogP contribution in [0.5, 0.6) is 0 Å². The number of nitrogens with zero attached hydrogens (tertiary/aromatic N) is 5. The van der Waals surface area contributed by atoms with E-state index in [9.17, 15) is 9.18 Å². The van der Waals surface area contributed by atoms with Gasteiger partial charge in [-0.2, -0.15) is 0 Å². The van der Waals surface area contributed by atoms with Crippen LogP contribution in [0.2, 0.25) is 0 Å². The fourth-order valence-corrected chi connectivity index (χ4v) is 4.96. The predicted molar refractivity (Wildman–Crippen MR) is 116 cm³/mol. The highest BCUT2D eigenvalue weighted by Gasteiger charge is 2.44. The zero-order valence-electron chi connectivity index (χ0n) is 17.9. The van der Waals surface area contributed by atoms with Gasteiger partial charge >= 0.3 is 0 Å². The van der Waals surface area contributed by atoms with Crippen molar-refractivity contribution in [2.75, 3.05) is 26.7 Å². The summed E-state index contributed by atoms with van der Waals surface area (Å²) in [5.74, 6) is 1.52. The minimum Gasteiger partial charge on any atom is -0.338 e. The summed E-state index contributed by atoms with van der Waals surface area (Å²) < 4.78 is 15.7. The zero-order valence-corrected chi connectivity index (χ0v) is 17.9. The van der Waals surface area contributed by atoms with Gasteiger partial charge in [-0.05, 0) is 63.2 Å². The van der Waals surface area contributed by atoms with Crippen LogP contribution < -0.4 is 0 Å². The number of benzene rings is 2. The Morgan fingerprint density at radius 2 is 1.68 bits per heavy atom. The molecule has 0 aliphatic carbocycles. The molecule has 0 saturated carbocycles. The summed E-state index contributed by atoms with van der Waals surface area (Å²) >= 11 is 0. The van der Waals surface area contributed by atoms with Crippen LogP contribution in [-0.2, 0) is 12.1 Å². The maximum absolute atomic E-state index is 13.5. The van der Waals surface area contributed by atoms with Crippen LogP contribution in [0.3, 0.4) is 0 Å². The smallest absolute Gasteiger partial charge is 0.253 e. The molecule has 1 aromatic heterocycles. The quantitative estimate of drug-likeness (QED) is 0.638. The van der Waals surface area contributed by atoms with Crippen molar-refractivity contribution in [3.63, 3.8) is 0 Å². The van der Waals surface area contributed by atoms with Gasteiger partial charge in [0.1, 0.15) is 11.6 Å². The lowest BCUT2D eigenvalue weighted by Crippen LogP contribution is -2.56. The van der Waals surface area contributed by atoms with Crippen molar-refractivity contribution in [3.05, 3.63) is 71.3 Å². The van der Waals surface area contributed by atoms with Crippen LogP contribution in [0.25, 0.3) is 11.4 Å². The van der Waals surface area contributed by atoms with Gasteiger partial charge in [-0.1, -0.05) is 17.7 Å². The Bertz CT molecular complexity index is 1100. The number of piperidine rings is 1. The van der Waals surface area contributed by atoms with Crippen LogP contribution in [0.1, 0.15) is 34.6 Å². The fraction of sp³-hybridized carbons (Fsp3) is 0.375. The van der Waals surface area contributed by atoms with E-state index in [1.54, 1.807) is 12.1 Å². The molecule has 7 heteroatoms. The van der Waals surface area contributed by atoms with Crippen molar-refractivity contribution in [2.24, 2.45) is 0 Å². The van der Waals surface area contributed by atoms with E-state index in [0.29, 0.717) is 13.1 Å². The second kappa shape index (κ2) is 7.57. The third-order valence-electron chi connectivity index (χ3n) is 6.56. The second-order valence-electron chi connectivity index (χ2n) is 8.84. The van der Waals surface area contributed by atoms with E-state index < -0.39 is 0 Å². The Morgan fingerprint density at radius 1 is 1.00 bits per heavy atom. The van der Waals surface area contributed by atoms with Gasteiger partial charge in [-0.3, -0.25) is 9.69 Å². The Balaban J connectivity index is 1.44. The molecule has 160 valence electrons. The Hall–Kier alpha value is -3.06. The summed E-state index contributed by atoms with van der Waals surface area (Å²) in [6.07, 6.45) is 1.66. The van der Waals surface area contributed by atoms with Crippen LogP contribution in [0.4, 0.5) is 4.39 Å². The number of amides is 1. The summed E-state index contributed by atoms with van der Waals surface area (Å²) in [7, 11) is 2.10. The molecule has 0 radical (unpaired) electrons. The maximum atomic E-state index is 13.5. The number of fused-ring (bicyclic) bond motifs is 2. The first-order valence-electron chi connectivity index (χ1n) is 10.7. The van der Waals surface area contributed by atoms with Crippen LogP contribution >= 0.6 is 0 Å². The number of likely N-dealkylation sites (N-methyl/N-ethyl adjacent to an activating group) is 1. The molecule has 0 unspecified atom stereocenters. The Morgan fingerprint density at radius 3 is 2.35 bits per heavy atom. The molecule has 0 bridgehead atoms. The van der Waals surface area contributed by atoms with E-state index in [-0.39, 0.29) is 17.3 Å². The molecule has 0 N–H and O–H groups in total. The molecule has 2 aromatic carbocycles. The van der Waals surface area contributed by atoms with E-state index in [2.05, 4.69) is 26.7 Å². The number of hydrogen-bond donors (Lipinski definition) is 0. The third kappa shape index (κ3) is 3.53. The van der Waals surface area contributed by atoms with Crippen molar-refractivity contribution in [1.82, 2.24) is 24.6 Å². The molecule has 2 aliphatic heterocycles.